The van der Waals surface area contributed by atoms with Gasteiger partial charge in [-0.05, 0) is 50.1 Å². The van der Waals surface area contributed by atoms with E-state index in [2.05, 4.69) is 68.0 Å². The van der Waals surface area contributed by atoms with Crippen molar-refractivity contribution in [1.29, 1.82) is 0 Å². The third kappa shape index (κ3) is 1.69. The molecule has 130 valence electrons. The normalized spacial score (nSPS) is 22.4. The molecule has 1 unspecified atom stereocenters. The zero-order valence-electron chi connectivity index (χ0n) is 15.4. The monoisotopic (exact) mass is 343 g/mol. The van der Waals surface area contributed by atoms with Crippen LogP contribution in [-0.2, 0) is 5.41 Å². The summed E-state index contributed by atoms with van der Waals surface area (Å²) in [5.74, 6) is 0.830. The molecule has 26 heavy (non-hydrogen) atoms. The van der Waals surface area contributed by atoms with E-state index in [1.807, 2.05) is 24.7 Å². The Morgan fingerprint density at radius 3 is 2.69 bits per heavy atom. The third-order valence-corrected chi connectivity index (χ3v) is 6.05. The first-order chi connectivity index (χ1) is 12.5. The summed E-state index contributed by atoms with van der Waals surface area (Å²) in [5, 5.41) is 2.20. The summed E-state index contributed by atoms with van der Waals surface area (Å²) in [4.78, 5) is 11.4. The molecule has 4 heteroatoms. The molecule has 0 amide bonds. The third-order valence-electron chi connectivity index (χ3n) is 6.05. The van der Waals surface area contributed by atoms with Gasteiger partial charge >= 0.3 is 0 Å². The second-order valence-corrected chi connectivity index (χ2v) is 7.72. The molecule has 1 spiro atoms. The van der Waals surface area contributed by atoms with Gasteiger partial charge in [0.25, 0.3) is 0 Å². The van der Waals surface area contributed by atoms with Crippen molar-refractivity contribution in [3.63, 3.8) is 0 Å². The van der Waals surface area contributed by atoms with Gasteiger partial charge in [0.2, 0.25) is 5.72 Å². The molecule has 3 aromatic rings. The van der Waals surface area contributed by atoms with E-state index in [1.165, 1.54) is 11.3 Å². The fourth-order valence-electron chi connectivity index (χ4n) is 4.48. The van der Waals surface area contributed by atoms with E-state index >= 15 is 0 Å². The van der Waals surface area contributed by atoms with Crippen LogP contribution in [0.15, 0.2) is 53.8 Å². The highest BCUT2D eigenvalue weighted by atomic mass is 16.5. The first-order valence-electron chi connectivity index (χ1n) is 8.90. The van der Waals surface area contributed by atoms with E-state index < -0.39 is 5.72 Å². The van der Waals surface area contributed by atoms with Gasteiger partial charge in [-0.1, -0.05) is 18.2 Å². The second kappa shape index (κ2) is 4.85. The summed E-state index contributed by atoms with van der Waals surface area (Å²) < 4.78 is 6.74. The van der Waals surface area contributed by atoms with Crippen LogP contribution in [0.3, 0.4) is 0 Å². The van der Waals surface area contributed by atoms with Gasteiger partial charge in [0, 0.05) is 35.9 Å². The molecular weight excluding hydrogens is 322 g/mol. The number of hydrogen-bond donors (Lipinski definition) is 0. The van der Waals surface area contributed by atoms with Crippen molar-refractivity contribution in [3.05, 3.63) is 59.9 Å². The van der Waals surface area contributed by atoms with Crippen LogP contribution in [0.2, 0.25) is 0 Å². The fourth-order valence-corrected chi connectivity index (χ4v) is 4.48. The van der Waals surface area contributed by atoms with E-state index in [1.54, 1.807) is 0 Å². The number of pyridine rings is 1. The van der Waals surface area contributed by atoms with Crippen molar-refractivity contribution in [2.75, 3.05) is 11.9 Å². The van der Waals surface area contributed by atoms with Crippen LogP contribution in [-0.4, -0.2) is 24.0 Å². The van der Waals surface area contributed by atoms with Gasteiger partial charge in [0.15, 0.2) is 0 Å². The maximum Gasteiger partial charge on any atom is 0.228 e. The van der Waals surface area contributed by atoms with Crippen molar-refractivity contribution in [2.45, 2.75) is 31.9 Å². The number of likely N-dealkylation sites (N-methyl/N-ethyl adjacent to an activating group) is 1. The number of aliphatic imine (C=N–C) groups is 1. The Hall–Kier alpha value is -2.88. The molecule has 4 nitrogen and oxygen atoms in total. The lowest BCUT2D eigenvalue weighted by Gasteiger charge is -2.45. The number of ether oxygens (including phenoxy) is 1. The number of rotatable bonds is 0. The Kier molecular flexibility index (Phi) is 2.87. The highest BCUT2D eigenvalue weighted by molar-refractivity contribution is 6.01. The van der Waals surface area contributed by atoms with Gasteiger partial charge in [-0.15, -0.1) is 0 Å². The van der Waals surface area contributed by atoms with Gasteiger partial charge in [0.1, 0.15) is 11.4 Å². The molecular formula is C22H21N3O. The second-order valence-electron chi connectivity index (χ2n) is 7.72. The molecule has 2 aromatic carbocycles. The minimum atomic E-state index is -0.642. The Morgan fingerprint density at radius 2 is 1.88 bits per heavy atom. The summed E-state index contributed by atoms with van der Waals surface area (Å²) in [5.41, 5.74) is 3.62. The standard InChI is InChI=1S/C22H21N3O/c1-14-11-19-20(15-9-10-23-12-16(14)15)24-13-22(26-19)21(2,3)17-7-5-6-8-18(17)25(22)4/h5-13H,1-4H3. The highest BCUT2D eigenvalue weighted by Gasteiger charge is 2.58. The van der Waals surface area contributed by atoms with Gasteiger partial charge in [-0.25, -0.2) is 0 Å². The topological polar surface area (TPSA) is 37.7 Å². The minimum Gasteiger partial charge on any atom is -0.459 e. The summed E-state index contributed by atoms with van der Waals surface area (Å²) in [6, 6.07) is 12.6. The first kappa shape index (κ1) is 15.4. The van der Waals surface area contributed by atoms with Crippen molar-refractivity contribution in [3.8, 4) is 5.75 Å². The van der Waals surface area contributed by atoms with E-state index in [0.29, 0.717) is 0 Å². The molecule has 3 heterocycles. The molecule has 1 atom stereocenters. The molecule has 1 aromatic heterocycles. The lowest BCUT2D eigenvalue weighted by atomic mass is 9.77. The van der Waals surface area contributed by atoms with Gasteiger partial charge in [-0.3, -0.25) is 9.98 Å². The van der Waals surface area contributed by atoms with Gasteiger partial charge in [-0.2, -0.15) is 0 Å². The Morgan fingerprint density at radius 1 is 1.08 bits per heavy atom. The van der Waals surface area contributed by atoms with Crippen LogP contribution in [0, 0.1) is 6.92 Å². The molecule has 0 fully saturated rings. The molecule has 2 aliphatic heterocycles. The average molecular weight is 343 g/mol. The molecule has 5 rings (SSSR count). The molecule has 0 aliphatic carbocycles. The van der Waals surface area contributed by atoms with Crippen molar-refractivity contribution in [1.82, 2.24) is 4.98 Å². The van der Waals surface area contributed by atoms with E-state index in [0.717, 1.165) is 27.8 Å². The number of aromatic nitrogens is 1. The van der Waals surface area contributed by atoms with Crippen LogP contribution in [0.25, 0.3) is 10.8 Å². The predicted molar refractivity (Wildman–Crippen MR) is 106 cm³/mol. The maximum atomic E-state index is 6.74. The van der Waals surface area contributed by atoms with Crippen LogP contribution in [0.1, 0.15) is 25.0 Å². The van der Waals surface area contributed by atoms with Crippen LogP contribution >= 0.6 is 0 Å². The van der Waals surface area contributed by atoms with Crippen molar-refractivity contribution >= 4 is 28.4 Å². The highest BCUT2D eigenvalue weighted by Crippen LogP contribution is 2.54. The summed E-state index contributed by atoms with van der Waals surface area (Å²) in [6.07, 6.45) is 5.68. The summed E-state index contributed by atoms with van der Waals surface area (Å²) >= 11 is 0. The number of aryl methyl sites for hydroxylation is 1. The number of benzene rings is 2. The Balaban J connectivity index is 1.74. The number of fused-ring (bicyclic) bond motifs is 4. The van der Waals surface area contributed by atoms with Crippen LogP contribution < -0.4 is 9.64 Å². The first-order valence-corrected chi connectivity index (χ1v) is 8.90. The van der Waals surface area contributed by atoms with E-state index in [4.69, 9.17) is 9.73 Å². The molecule has 0 saturated carbocycles. The van der Waals surface area contributed by atoms with Crippen LogP contribution in [0.4, 0.5) is 11.4 Å². The van der Waals surface area contributed by atoms with Crippen molar-refractivity contribution < 1.29 is 4.74 Å². The zero-order valence-corrected chi connectivity index (χ0v) is 15.4. The zero-order chi connectivity index (χ0) is 18.1. The van der Waals surface area contributed by atoms with E-state index in [-0.39, 0.29) is 5.41 Å². The molecule has 0 saturated heterocycles. The average Bonchev–Trinajstić information content (AvgIpc) is 2.81. The number of anilines is 1. The number of nitrogens with zero attached hydrogens (tertiary/aromatic N) is 3. The van der Waals surface area contributed by atoms with Gasteiger partial charge in [0.05, 0.1) is 11.6 Å². The smallest absolute Gasteiger partial charge is 0.228 e. The number of hydrogen-bond acceptors (Lipinski definition) is 4. The molecule has 0 bridgehead atoms. The maximum absolute atomic E-state index is 6.74. The quantitative estimate of drug-likeness (QED) is 0.590. The van der Waals surface area contributed by atoms with E-state index in [9.17, 15) is 0 Å². The number of para-hydroxylation sites is 1. The Labute approximate surface area is 153 Å². The SMILES string of the molecule is Cc1cc2c(c3ccncc13)N=CC1(O2)N(C)c2ccccc2C1(C)C. The summed E-state index contributed by atoms with van der Waals surface area (Å²) in [7, 11) is 2.09. The minimum absolute atomic E-state index is 0.235. The Bertz CT molecular complexity index is 1090. The largest absolute Gasteiger partial charge is 0.459 e. The van der Waals surface area contributed by atoms with Crippen molar-refractivity contribution in [2.24, 2.45) is 4.99 Å². The lowest BCUT2D eigenvalue weighted by Crippen LogP contribution is -2.61. The fraction of sp³-hybridized carbons (Fsp3) is 0.273. The molecule has 0 N–H and O–H groups in total. The predicted octanol–water partition coefficient (Wildman–Crippen LogP) is 4.76. The lowest BCUT2D eigenvalue weighted by molar-refractivity contribution is 0.0826. The molecule has 0 radical (unpaired) electrons. The van der Waals surface area contributed by atoms with Crippen LogP contribution in [0.5, 0.6) is 5.75 Å². The summed E-state index contributed by atoms with van der Waals surface area (Å²) in [6.45, 7) is 6.55. The van der Waals surface area contributed by atoms with Gasteiger partial charge < -0.3 is 9.64 Å². The molecule has 2 aliphatic rings.